The van der Waals surface area contributed by atoms with Gasteiger partial charge in [0, 0.05) is 16.8 Å². The van der Waals surface area contributed by atoms with Gasteiger partial charge in [-0.1, -0.05) is 26.0 Å². The number of halogens is 3. The van der Waals surface area contributed by atoms with Crippen molar-refractivity contribution in [3.05, 3.63) is 34.9 Å². The van der Waals surface area contributed by atoms with Crippen LogP contribution in [0.15, 0.2) is 18.2 Å². The molecule has 0 saturated carbocycles. The van der Waals surface area contributed by atoms with Gasteiger partial charge in [-0.05, 0) is 55.5 Å². The van der Waals surface area contributed by atoms with Crippen molar-refractivity contribution >= 4 is 17.3 Å². The van der Waals surface area contributed by atoms with Gasteiger partial charge in [-0.3, -0.25) is 0 Å². The van der Waals surface area contributed by atoms with Crippen LogP contribution in [0.5, 0.6) is 0 Å². The number of fused-ring (bicyclic) bond motifs is 1. The van der Waals surface area contributed by atoms with Gasteiger partial charge in [0.1, 0.15) is 5.75 Å². The van der Waals surface area contributed by atoms with Crippen molar-refractivity contribution < 1.29 is 27.6 Å². The lowest BCUT2D eigenvalue weighted by molar-refractivity contribution is -0.192. The number of carboxylic acid groups (broad SMARTS) is 1. The number of nitrogens with one attached hydrogen (secondary N) is 2. The molecule has 10 heteroatoms. The Morgan fingerprint density at radius 3 is 2.53 bits per heavy atom. The first-order valence-electron chi connectivity index (χ1n) is 9.67. The van der Waals surface area contributed by atoms with Gasteiger partial charge in [0.25, 0.3) is 0 Å². The molecule has 1 spiro atoms. The maximum atomic E-state index is 12.5. The van der Waals surface area contributed by atoms with Crippen molar-refractivity contribution in [1.29, 1.82) is 5.26 Å². The van der Waals surface area contributed by atoms with E-state index in [1.165, 1.54) is 5.56 Å². The van der Waals surface area contributed by atoms with Crippen LogP contribution in [0.4, 0.5) is 13.2 Å². The first-order valence-corrected chi connectivity index (χ1v) is 11.0. The Bertz CT molecular complexity index is 790. The van der Waals surface area contributed by atoms with Gasteiger partial charge in [0.05, 0.1) is 17.7 Å². The standard InChI is InChI=1S/C18H25N3OS.C2HF3O2/c1-13(2)12-23(22)21-17-16-14(4-3-5-15(16)11-19)10-18(17)6-8-20-9-7-18;3-2(4,5)1(6)7/h3-5,13,17,20-21H,6-10,12H2,1-2H3;(H,6,7)/t17-,23+;/m1./s1. The summed E-state index contributed by atoms with van der Waals surface area (Å²) in [5.41, 5.74) is 3.17. The number of nitrogens with zero attached hydrogens (tertiary/aromatic N) is 1. The average molecular weight is 446 g/mol. The lowest BCUT2D eigenvalue weighted by Crippen LogP contribution is -2.46. The van der Waals surface area contributed by atoms with E-state index < -0.39 is 23.5 Å². The third-order valence-corrected chi connectivity index (χ3v) is 6.80. The highest BCUT2D eigenvalue weighted by molar-refractivity contribution is 7.89. The quantitative estimate of drug-likeness (QED) is 0.615. The van der Waals surface area contributed by atoms with Gasteiger partial charge in [-0.15, -0.1) is 4.72 Å². The number of nitriles is 1. The molecule has 0 aromatic heterocycles. The Morgan fingerprint density at radius 2 is 2.03 bits per heavy atom. The number of carbonyl (C=O) groups is 1. The molecule has 0 amide bonds. The highest BCUT2D eigenvalue weighted by atomic mass is 32.2. The summed E-state index contributed by atoms with van der Waals surface area (Å²) >= 11 is -1.07. The first kappa shape index (κ1) is 24.5. The molecule has 0 unspecified atom stereocenters. The third kappa shape index (κ3) is 5.88. The number of benzene rings is 1. The van der Waals surface area contributed by atoms with Crippen LogP contribution >= 0.6 is 0 Å². The van der Waals surface area contributed by atoms with E-state index in [1.54, 1.807) is 0 Å². The fourth-order valence-electron chi connectivity index (χ4n) is 4.05. The van der Waals surface area contributed by atoms with Gasteiger partial charge in [-0.25, -0.2) is 4.79 Å². The maximum absolute atomic E-state index is 12.5. The molecule has 3 rings (SSSR count). The fourth-order valence-corrected chi connectivity index (χ4v) is 5.38. The highest BCUT2D eigenvalue weighted by Crippen LogP contribution is 2.52. The molecular formula is C20H26F3N3O3S. The first-order chi connectivity index (χ1) is 14.0. The molecule has 6 nitrogen and oxygen atoms in total. The molecule has 30 heavy (non-hydrogen) atoms. The molecule has 3 N–H and O–H groups in total. The number of hydrogen-bond donors (Lipinski definition) is 3. The predicted molar refractivity (Wildman–Crippen MR) is 107 cm³/mol. The van der Waals surface area contributed by atoms with E-state index in [0.29, 0.717) is 11.7 Å². The van der Waals surface area contributed by atoms with Crippen LogP contribution in [0, 0.1) is 22.7 Å². The minimum Gasteiger partial charge on any atom is -0.598 e. The minimum atomic E-state index is -5.08. The third-order valence-electron chi connectivity index (χ3n) is 5.34. The van der Waals surface area contributed by atoms with E-state index >= 15 is 0 Å². The van der Waals surface area contributed by atoms with Crippen molar-refractivity contribution in [1.82, 2.24) is 10.0 Å². The van der Waals surface area contributed by atoms with Crippen molar-refractivity contribution in [3.63, 3.8) is 0 Å². The van der Waals surface area contributed by atoms with Crippen molar-refractivity contribution in [3.8, 4) is 6.07 Å². The van der Waals surface area contributed by atoms with Crippen LogP contribution in [0.25, 0.3) is 0 Å². The number of carboxylic acids is 1. The number of aliphatic carboxylic acids is 1. The van der Waals surface area contributed by atoms with Crippen LogP contribution in [0.2, 0.25) is 0 Å². The summed E-state index contributed by atoms with van der Waals surface area (Å²) in [5, 5.41) is 20.1. The summed E-state index contributed by atoms with van der Waals surface area (Å²) in [7, 11) is 0. The Labute approximate surface area is 177 Å². The molecule has 1 fully saturated rings. The normalized spacial score (nSPS) is 20.8. The van der Waals surface area contributed by atoms with Gasteiger partial charge >= 0.3 is 12.1 Å². The van der Waals surface area contributed by atoms with Crippen LogP contribution in [-0.2, 0) is 22.6 Å². The van der Waals surface area contributed by atoms with Gasteiger partial charge in [0.2, 0.25) is 0 Å². The van der Waals surface area contributed by atoms with E-state index in [2.05, 4.69) is 36.0 Å². The highest BCUT2D eigenvalue weighted by Gasteiger charge is 2.49. The molecule has 166 valence electrons. The summed E-state index contributed by atoms with van der Waals surface area (Å²) in [5.74, 6) is -1.72. The van der Waals surface area contributed by atoms with E-state index in [-0.39, 0.29) is 11.5 Å². The Kier molecular flexibility index (Phi) is 8.16. The van der Waals surface area contributed by atoms with Gasteiger partial charge < -0.3 is 15.0 Å². The summed E-state index contributed by atoms with van der Waals surface area (Å²) in [4.78, 5) is 8.90. The molecule has 2 atom stereocenters. The van der Waals surface area contributed by atoms with Crippen molar-refractivity contribution in [2.24, 2.45) is 11.3 Å². The Balaban J connectivity index is 0.000000396. The average Bonchev–Trinajstić information content (AvgIpc) is 2.94. The van der Waals surface area contributed by atoms with E-state index in [1.807, 2.05) is 12.1 Å². The number of rotatable bonds is 4. The van der Waals surface area contributed by atoms with Crippen LogP contribution < -0.4 is 10.0 Å². The molecule has 1 aliphatic heterocycles. The summed E-state index contributed by atoms with van der Waals surface area (Å²) in [6.07, 6.45) is -1.98. The smallest absolute Gasteiger partial charge is 0.490 e. The lowest BCUT2D eigenvalue weighted by atomic mass is 9.73. The lowest BCUT2D eigenvalue weighted by Gasteiger charge is -2.39. The van der Waals surface area contributed by atoms with Crippen molar-refractivity contribution in [2.45, 2.75) is 45.3 Å². The van der Waals surface area contributed by atoms with Crippen LogP contribution in [-0.4, -0.2) is 40.6 Å². The Morgan fingerprint density at radius 1 is 1.43 bits per heavy atom. The molecule has 1 aromatic rings. The molecular weight excluding hydrogens is 419 g/mol. The molecule has 1 heterocycles. The van der Waals surface area contributed by atoms with E-state index in [0.717, 1.165) is 43.5 Å². The van der Waals surface area contributed by atoms with Gasteiger partial charge in [-0.2, -0.15) is 18.4 Å². The monoisotopic (exact) mass is 445 g/mol. The molecule has 0 radical (unpaired) electrons. The molecule has 1 saturated heterocycles. The zero-order chi connectivity index (χ0) is 22.5. The van der Waals surface area contributed by atoms with Crippen LogP contribution in [0.1, 0.15) is 49.4 Å². The Hall–Kier alpha value is -1.80. The zero-order valence-corrected chi connectivity index (χ0v) is 17.7. The van der Waals surface area contributed by atoms with Crippen LogP contribution in [0.3, 0.4) is 0 Å². The topological polar surface area (TPSA) is 108 Å². The predicted octanol–water partition coefficient (Wildman–Crippen LogP) is 3.07. The summed E-state index contributed by atoms with van der Waals surface area (Å²) in [6.45, 7) is 6.15. The van der Waals surface area contributed by atoms with E-state index in [9.17, 15) is 23.0 Å². The molecule has 2 aliphatic rings. The molecule has 1 aromatic carbocycles. The number of piperidine rings is 1. The van der Waals surface area contributed by atoms with Gasteiger partial charge in [0.15, 0.2) is 0 Å². The second-order valence-corrected chi connectivity index (χ2v) is 9.30. The SMILES string of the molecule is CC(C)C[S@+]([O-])N[C@@H]1c2c(C#N)cccc2CC12CCNCC2.O=C(O)C(F)(F)F. The fraction of sp³-hybridized carbons (Fsp3) is 0.600. The second-order valence-electron chi connectivity index (χ2n) is 8.04. The zero-order valence-electron chi connectivity index (χ0n) is 16.9. The maximum Gasteiger partial charge on any atom is 0.490 e. The van der Waals surface area contributed by atoms with Crippen molar-refractivity contribution in [2.75, 3.05) is 18.8 Å². The second kappa shape index (κ2) is 10.0. The number of alkyl halides is 3. The largest absolute Gasteiger partial charge is 0.598 e. The molecule has 0 bridgehead atoms. The minimum absolute atomic E-state index is 0.0232. The summed E-state index contributed by atoms with van der Waals surface area (Å²) < 4.78 is 47.7. The number of hydrogen-bond acceptors (Lipinski definition) is 5. The molecule has 1 aliphatic carbocycles. The van der Waals surface area contributed by atoms with E-state index in [4.69, 9.17) is 9.90 Å². The summed E-state index contributed by atoms with van der Waals surface area (Å²) in [6, 6.07) is 8.35.